The average Bonchev–Trinajstić information content (AvgIpc) is 2.47. The zero-order chi connectivity index (χ0) is 15.5. The topological polar surface area (TPSA) is 88.3 Å². The molecule has 2 aromatic rings. The number of hydrazine groups is 1. The van der Waals surface area contributed by atoms with E-state index in [4.69, 9.17) is 5.84 Å². The van der Waals surface area contributed by atoms with E-state index in [2.05, 4.69) is 10.4 Å². The third kappa shape index (κ3) is 3.57. The second-order valence-corrected chi connectivity index (χ2v) is 6.82. The van der Waals surface area contributed by atoms with E-state index in [1.807, 2.05) is 31.2 Å². The first-order chi connectivity index (χ1) is 9.93. The van der Waals surface area contributed by atoms with Gasteiger partial charge in [0.05, 0.1) is 4.90 Å². The maximum absolute atomic E-state index is 12.5. The normalized spacial score (nSPS) is 11.6. The van der Waals surface area contributed by atoms with Crippen molar-refractivity contribution in [2.45, 2.75) is 18.4 Å². The van der Waals surface area contributed by atoms with Crippen LogP contribution in [0.4, 0.5) is 5.82 Å². The fraction of sp³-hybridized carbons (Fsp3) is 0.214. The predicted octanol–water partition coefficient (Wildman–Crippen LogP) is 1.50. The van der Waals surface area contributed by atoms with Crippen molar-refractivity contribution in [1.82, 2.24) is 9.29 Å². The molecule has 2 rings (SSSR count). The average molecular weight is 306 g/mol. The number of nitrogens with two attached hydrogens (primary N) is 1. The molecule has 21 heavy (non-hydrogen) atoms. The molecular formula is C14H18N4O2S. The summed E-state index contributed by atoms with van der Waals surface area (Å²) in [4.78, 5) is 4.06. The van der Waals surface area contributed by atoms with Crippen LogP contribution in [0.15, 0.2) is 47.5 Å². The molecular weight excluding hydrogens is 288 g/mol. The number of aromatic nitrogens is 1. The minimum atomic E-state index is -3.58. The molecule has 112 valence electrons. The van der Waals surface area contributed by atoms with E-state index < -0.39 is 10.0 Å². The van der Waals surface area contributed by atoms with Crippen LogP contribution in [0.2, 0.25) is 0 Å². The molecule has 0 saturated heterocycles. The highest BCUT2D eigenvalue weighted by atomic mass is 32.2. The van der Waals surface area contributed by atoms with Crippen molar-refractivity contribution in [3.05, 3.63) is 53.7 Å². The number of pyridine rings is 1. The molecule has 0 aliphatic rings. The number of benzene rings is 1. The van der Waals surface area contributed by atoms with Crippen LogP contribution in [0.1, 0.15) is 11.1 Å². The number of nitrogens with zero attached hydrogens (tertiary/aromatic N) is 2. The molecule has 0 saturated carbocycles. The molecule has 1 heterocycles. The number of nitrogens with one attached hydrogen (secondary N) is 1. The Bertz CT molecular complexity index is 731. The lowest BCUT2D eigenvalue weighted by atomic mass is 10.1. The molecule has 0 fully saturated rings. The van der Waals surface area contributed by atoms with Gasteiger partial charge in [-0.3, -0.25) is 0 Å². The zero-order valence-electron chi connectivity index (χ0n) is 11.9. The van der Waals surface area contributed by atoms with Gasteiger partial charge in [0, 0.05) is 25.9 Å². The van der Waals surface area contributed by atoms with Crippen molar-refractivity contribution < 1.29 is 8.42 Å². The van der Waals surface area contributed by atoms with E-state index in [-0.39, 0.29) is 4.90 Å². The summed E-state index contributed by atoms with van der Waals surface area (Å²) in [7, 11) is -2.04. The van der Waals surface area contributed by atoms with Crippen molar-refractivity contribution in [3.8, 4) is 0 Å². The second kappa shape index (κ2) is 6.21. The van der Waals surface area contributed by atoms with Crippen LogP contribution < -0.4 is 11.3 Å². The molecule has 1 aromatic carbocycles. The summed E-state index contributed by atoms with van der Waals surface area (Å²) in [6, 6.07) is 10.6. The Morgan fingerprint density at radius 2 is 2.05 bits per heavy atom. The van der Waals surface area contributed by atoms with E-state index in [0.717, 1.165) is 11.1 Å². The van der Waals surface area contributed by atoms with E-state index in [1.165, 1.54) is 22.6 Å². The van der Waals surface area contributed by atoms with Gasteiger partial charge >= 0.3 is 0 Å². The maximum atomic E-state index is 12.5. The predicted molar refractivity (Wildman–Crippen MR) is 81.9 cm³/mol. The van der Waals surface area contributed by atoms with Gasteiger partial charge in [0.1, 0.15) is 5.82 Å². The Morgan fingerprint density at radius 1 is 1.29 bits per heavy atom. The fourth-order valence-electron chi connectivity index (χ4n) is 1.98. The van der Waals surface area contributed by atoms with Crippen molar-refractivity contribution in [2.75, 3.05) is 12.5 Å². The monoisotopic (exact) mass is 306 g/mol. The lowest BCUT2D eigenvalue weighted by molar-refractivity contribution is 0.466. The van der Waals surface area contributed by atoms with Gasteiger partial charge in [0.2, 0.25) is 10.0 Å². The Morgan fingerprint density at radius 3 is 2.71 bits per heavy atom. The number of hydrogen-bond acceptors (Lipinski definition) is 5. The molecule has 7 heteroatoms. The smallest absolute Gasteiger partial charge is 0.243 e. The molecule has 0 aliphatic heterocycles. The lowest BCUT2D eigenvalue weighted by Crippen LogP contribution is -2.26. The van der Waals surface area contributed by atoms with E-state index in [1.54, 1.807) is 7.05 Å². The lowest BCUT2D eigenvalue weighted by Gasteiger charge is -2.17. The largest absolute Gasteiger partial charge is 0.308 e. The minimum absolute atomic E-state index is 0.153. The quantitative estimate of drug-likeness (QED) is 0.645. The molecule has 0 unspecified atom stereocenters. The summed E-state index contributed by atoms with van der Waals surface area (Å²) >= 11 is 0. The van der Waals surface area contributed by atoms with Crippen LogP contribution in [0.5, 0.6) is 0 Å². The minimum Gasteiger partial charge on any atom is -0.308 e. The summed E-state index contributed by atoms with van der Waals surface area (Å²) in [5.74, 6) is 5.56. The van der Waals surface area contributed by atoms with Crippen molar-refractivity contribution in [2.24, 2.45) is 5.84 Å². The second-order valence-electron chi connectivity index (χ2n) is 4.77. The van der Waals surface area contributed by atoms with E-state index in [9.17, 15) is 8.42 Å². The van der Waals surface area contributed by atoms with Gasteiger partial charge in [-0.1, -0.05) is 29.8 Å². The number of anilines is 1. The van der Waals surface area contributed by atoms with E-state index in [0.29, 0.717) is 12.4 Å². The SMILES string of the molecule is Cc1cccc(CN(C)S(=O)(=O)c2ccnc(NN)c2)c1. The Balaban J connectivity index is 2.26. The van der Waals surface area contributed by atoms with Crippen LogP contribution in [0.3, 0.4) is 0 Å². The van der Waals surface area contributed by atoms with Gasteiger partial charge in [-0.2, -0.15) is 4.31 Å². The van der Waals surface area contributed by atoms with Crippen LogP contribution in [0.25, 0.3) is 0 Å². The molecule has 1 aromatic heterocycles. The third-order valence-corrected chi connectivity index (χ3v) is 4.87. The highest BCUT2D eigenvalue weighted by molar-refractivity contribution is 7.89. The van der Waals surface area contributed by atoms with Gasteiger partial charge in [-0.25, -0.2) is 19.2 Å². The number of sulfonamides is 1. The maximum Gasteiger partial charge on any atom is 0.243 e. The van der Waals surface area contributed by atoms with Crippen molar-refractivity contribution >= 4 is 15.8 Å². The molecule has 6 nitrogen and oxygen atoms in total. The fourth-order valence-corrected chi connectivity index (χ4v) is 3.16. The highest BCUT2D eigenvalue weighted by Crippen LogP contribution is 2.18. The Hall–Kier alpha value is -1.96. The molecule has 0 aliphatic carbocycles. The first kappa shape index (κ1) is 15.4. The summed E-state index contributed by atoms with van der Waals surface area (Å²) in [6.45, 7) is 2.28. The first-order valence-corrected chi connectivity index (χ1v) is 7.82. The number of hydrogen-bond donors (Lipinski definition) is 2. The molecule has 3 N–H and O–H groups in total. The van der Waals surface area contributed by atoms with Gasteiger partial charge < -0.3 is 5.43 Å². The zero-order valence-corrected chi connectivity index (χ0v) is 12.8. The molecule has 0 atom stereocenters. The van der Waals surface area contributed by atoms with Gasteiger partial charge in [-0.05, 0) is 18.6 Å². The molecule has 0 amide bonds. The third-order valence-electron chi connectivity index (χ3n) is 3.08. The van der Waals surface area contributed by atoms with Crippen LogP contribution >= 0.6 is 0 Å². The van der Waals surface area contributed by atoms with Crippen LogP contribution in [-0.4, -0.2) is 24.8 Å². The van der Waals surface area contributed by atoms with Gasteiger partial charge in [0.25, 0.3) is 0 Å². The molecule has 0 radical (unpaired) electrons. The first-order valence-electron chi connectivity index (χ1n) is 6.38. The van der Waals surface area contributed by atoms with Crippen molar-refractivity contribution in [3.63, 3.8) is 0 Å². The van der Waals surface area contributed by atoms with Crippen molar-refractivity contribution in [1.29, 1.82) is 0 Å². The highest BCUT2D eigenvalue weighted by Gasteiger charge is 2.21. The summed E-state index contributed by atoms with van der Waals surface area (Å²) in [5, 5.41) is 0. The Labute approximate surface area is 124 Å². The number of nitrogen functional groups attached to an aromatic ring is 1. The summed E-state index contributed by atoms with van der Waals surface area (Å²) < 4.78 is 26.3. The standard InChI is InChI=1S/C14H18N4O2S/c1-11-4-3-5-12(8-11)10-18(2)21(19,20)13-6-7-16-14(9-13)17-15/h3-9H,10,15H2,1-2H3,(H,16,17). The molecule has 0 bridgehead atoms. The van der Waals surface area contributed by atoms with Gasteiger partial charge in [0.15, 0.2) is 0 Å². The van der Waals surface area contributed by atoms with E-state index >= 15 is 0 Å². The Kier molecular flexibility index (Phi) is 4.56. The number of aryl methyl sites for hydroxylation is 1. The van der Waals surface area contributed by atoms with Crippen LogP contribution in [0, 0.1) is 6.92 Å². The van der Waals surface area contributed by atoms with Crippen LogP contribution in [-0.2, 0) is 16.6 Å². The summed E-state index contributed by atoms with van der Waals surface area (Å²) in [5.41, 5.74) is 4.37. The summed E-state index contributed by atoms with van der Waals surface area (Å²) in [6.07, 6.45) is 1.41. The molecule has 0 spiro atoms. The van der Waals surface area contributed by atoms with Gasteiger partial charge in [-0.15, -0.1) is 0 Å². The number of rotatable bonds is 5.